The smallest absolute Gasteiger partial charge is 0.332 e. The van der Waals surface area contributed by atoms with Gasteiger partial charge in [-0.2, -0.15) is 5.10 Å². The molecule has 0 saturated carbocycles. The van der Waals surface area contributed by atoms with Crippen molar-refractivity contribution in [3.05, 3.63) is 29.3 Å². The van der Waals surface area contributed by atoms with Crippen molar-refractivity contribution in [2.75, 3.05) is 5.32 Å². The Hall–Kier alpha value is -2.08. The number of primary amides is 1. The second kappa shape index (κ2) is 5.86. The lowest BCUT2D eigenvalue weighted by atomic mass is 10.3. The number of nitrogens with one attached hydrogen (secondary N) is 2. The van der Waals surface area contributed by atoms with E-state index in [1.807, 2.05) is 5.43 Å². The van der Waals surface area contributed by atoms with E-state index in [1.54, 1.807) is 24.3 Å². The van der Waals surface area contributed by atoms with Gasteiger partial charge in [-0.1, -0.05) is 11.6 Å². The SMILES string of the molecule is CC(=NNC(N)=O)C(=O)Nc1ccc(Cl)cc1. The molecule has 17 heavy (non-hydrogen) atoms. The van der Waals surface area contributed by atoms with Crippen molar-refractivity contribution >= 4 is 34.9 Å². The number of benzene rings is 1. The minimum Gasteiger partial charge on any atom is -0.350 e. The van der Waals surface area contributed by atoms with Gasteiger partial charge in [0.1, 0.15) is 5.71 Å². The zero-order valence-electron chi connectivity index (χ0n) is 9.03. The van der Waals surface area contributed by atoms with Crippen molar-refractivity contribution in [2.24, 2.45) is 10.8 Å². The summed E-state index contributed by atoms with van der Waals surface area (Å²) in [6.45, 7) is 1.45. The van der Waals surface area contributed by atoms with Gasteiger partial charge in [0, 0.05) is 10.7 Å². The average molecular weight is 255 g/mol. The topological polar surface area (TPSA) is 96.6 Å². The first kappa shape index (κ1) is 13.0. The van der Waals surface area contributed by atoms with E-state index in [0.717, 1.165) is 0 Å². The third-order valence-corrected chi connectivity index (χ3v) is 2.02. The summed E-state index contributed by atoms with van der Waals surface area (Å²) in [5.41, 5.74) is 7.43. The number of halogens is 1. The van der Waals surface area contributed by atoms with E-state index in [9.17, 15) is 9.59 Å². The molecule has 0 saturated heterocycles. The monoisotopic (exact) mass is 254 g/mol. The van der Waals surface area contributed by atoms with E-state index in [-0.39, 0.29) is 5.71 Å². The number of carbonyl (C=O) groups is 2. The van der Waals surface area contributed by atoms with Gasteiger partial charge >= 0.3 is 6.03 Å². The molecule has 1 aromatic rings. The fourth-order valence-corrected chi connectivity index (χ4v) is 1.07. The highest BCUT2D eigenvalue weighted by Crippen LogP contribution is 2.13. The third kappa shape index (κ3) is 4.52. The summed E-state index contributed by atoms with van der Waals surface area (Å²) >= 11 is 5.70. The number of hydrazone groups is 1. The molecule has 0 heterocycles. The van der Waals surface area contributed by atoms with Gasteiger partial charge in [-0.25, -0.2) is 10.2 Å². The lowest BCUT2D eigenvalue weighted by molar-refractivity contribution is -0.110. The summed E-state index contributed by atoms with van der Waals surface area (Å²) < 4.78 is 0. The van der Waals surface area contributed by atoms with Crippen LogP contribution in [0.2, 0.25) is 5.02 Å². The summed E-state index contributed by atoms with van der Waals surface area (Å²) in [7, 11) is 0. The molecule has 0 radical (unpaired) electrons. The molecule has 1 aromatic carbocycles. The van der Waals surface area contributed by atoms with Gasteiger partial charge in [0.2, 0.25) is 0 Å². The molecule has 0 unspecified atom stereocenters. The van der Waals surface area contributed by atoms with Gasteiger partial charge in [-0.3, -0.25) is 4.79 Å². The maximum absolute atomic E-state index is 11.5. The number of rotatable bonds is 3. The Morgan fingerprint density at radius 2 is 1.88 bits per heavy atom. The molecule has 0 aromatic heterocycles. The second-order valence-electron chi connectivity index (χ2n) is 3.13. The summed E-state index contributed by atoms with van der Waals surface area (Å²) in [6, 6.07) is 5.75. The van der Waals surface area contributed by atoms with Crippen molar-refractivity contribution in [1.29, 1.82) is 0 Å². The molecular formula is C10H11ClN4O2. The van der Waals surface area contributed by atoms with E-state index in [1.165, 1.54) is 6.92 Å². The summed E-state index contributed by atoms with van der Waals surface area (Å²) in [5.74, 6) is -0.443. The van der Waals surface area contributed by atoms with Crippen LogP contribution in [0.5, 0.6) is 0 Å². The number of hydrogen-bond donors (Lipinski definition) is 3. The Morgan fingerprint density at radius 1 is 1.29 bits per heavy atom. The molecule has 0 aliphatic rings. The average Bonchev–Trinajstić information content (AvgIpc) is 2.28. The Labute approximate surface area is 103 Å². The molecule has 0 aliphatic heterocycles. The van der Waals surface area contributed by atoms with Gasteiger partial charge in [-0.15, -0.1) is 0 Å². The van der Waals surface area contributed by atoms with Crippen molar-refractivity contribution in [1.82, 2.24) is 5.43 Å². The van der Waals surface area contributed by atoms with E-state index in [4.69, 9.17) is 17.3 Å². The number of nitrogens with two attached hydrogens (primary N) is 1. The molecule has 3 amide bonds. The lowest BCUT2D eigenvalue weighted by Gasteiger charge is -2.04. The van der Waals surface area contributed by atoms with E-state index in [2.05, 4.69) is 10.4 Å². The Balaban J connectivity index is 2.63. The Morgan fingerprint density at radius 3 is 2.41 bits per heavy atom. The van der Waals surface area contributed by atoms with Crippen LogP contribution < -0.4 is 16.5 Å². The number of anilines is 1. The number of nitrogens with zero attached hydrogens (tertiary/aromatic N) is 1. The second-order valence-corrected chi connectivity index (χ2v) is 3.57. The van der Waals surface area contributed by atoms with Crippen molar-refractivity contribution in [3.8, 4) is 0 Å². The molecule has 0 atom stereocenters. The molecular weight excluding hydrogens is 244 g/mol. The fraction of sp³-hybridized carbons (Fsp3) is 0.100. The normalized spacial score (nSPS) is 10.8. The van der Waals surface area contributed by atoms with Gasteiger partial charge in [-0.05, 0) is 31.2 Å². The zero-order chi connectivity index (χ0) is 12.8. The fourth-order valence-electron chi connectivity index (χ4n) is 0.944. The summed E-state index contributed by atoms with van der Waals surface area (Å²) in [6.07, 6.45) is 0. The van der Waals surface area contributed by atoms with Crippen molar-refractivity contribution < 1.29 is 9.59 Å². The van der Waals surface area contributed by atoms with Crippen molar-refractivity contribution in [3.63, 3.8) is 0 Å². The molecule has 7 heteroatoms. The highest BCUT2D eigenvalue weighted by molar-refractivity contribution is 6.42. The van der Waals surface area contributed by atoms with Crippen LogP contribution in [-0.2, 0) is 4.79 Å². The summed E-state index contributed by atoms with van der Waals surface area (Å²) in [5, 5.41) is 6.64. The molecule has 0 bridgehead atoms. The highest BCUT2D eigenvalue weighted by atomic mass is 35.5. The van der Waals surface area contributed by atoms with E-state index >= 15 is 0 Å². The minimum atomic E-state index is -0.830. The minimum absolute atomic E-state index is 0.0822. The maximum atomic E-state index is 11.5. The zero-order valence-corrected chi connectivity index (χ0v) is 9.78. The predicted octanol–water partition coefficient (Wildman–Crippen LogP) is 1.32. The van der Waals surface area contributed by atoms with Crippen LogP contribution in [0.1, 0.15) is 6.92 Å². The Bertz CT molecular complexity index is 456. The van der Waals surface area contributed by atoms with Gasteiger partial charge in [0.15, 0.2) is 0 Å². The molecule has 0 spiro atoms. The molecule has 6 nitrogen and oxygen atoms in total. The lowest BCUT2D eigenvalue weighted by Crippen LogP contribution is -2.28. The highest BCUT2D eigenvalue weighted by Gasteiger charge is 2.06. The van der Waals surface area contributed by atoms with Crippen LogP contribution in [0.15, 0.2) is 29.4 Å². The van der Waals surface area contributed by atoms with E-state index in [0.29, 0.717) is 10.7 Å². The first-order chi connectivity index (χ1) is 7.99. The van der Waals surface area contributed by atoms with Crippen LogP contribution in [0.25, 0.3) is 0 Å². The Kier molecular flexibility index (Phi) is 4.47. The van der Waals surface area contributed by atoms with Crippen LogP contribution in [0.3, 0.4) is 0 Å². The predicted molar refractivity (Wildman–Crippen MR) is 65.9 cm³/mol. The standard InChI is InChI=1S/C10H11ClN4O2/c1-6(14-15-10(12)17)9(16)13-8-4-2-7(11)3-5-8/h2-5H,1H3,(H,13,16)(H3,12,15,17). The molecule has 0 fully saturated rings. The number of hydrogen-bond acceptors (Lipinski definition) is 3. The maximum Gasteiger partial charge on any atom is 0.332 e. The molecule has 1 rings (SSSR count). The number of amides is 3. The van der Waals surface area contributed by atoms with Crippen LogP contribution in [-0.4, -0.2) is 17.6 Å². The van der Waals surface area contributed by atoms with Crippen LogP contribution >= 0.6 is 11.6 Å². The van der Waals surface area contributed by atoms with Crippen molar-refractivity contribution in [2.45, 2.75) is 6.92 Å². The van der Waals surface area contributed by atoms with Gasteiger partial charge in [0.05, 0.1) is 0 Å². The third-order valence-electron chi connectivity index (χ3n) is 1.76. The largest absolute Gasteiger partial charge is 0.350 e. The summed E-state index contributed by atoms with van der Waals surface area (Å²) in [4.78, 5) is 21.9. The quantitative estimate of drug-likeness (QED) is 0.560. The van der Waals surface area contributed by atoms with Crippen LogP contribution in [0, 0.1) is 0 Å². The molecule has 4 N–H and O–H groups in total. The first-order valence-electron chi connectivity index (χ1n) is 4.65. The van der Waals surface area contributed by atoms with Crippen LogP contribution in [0.4, 0.5) is 10.5 Å². The molecule has 0 aliphatic carbocycles. The van der Waals surface area contributed by atoms with E-state index < -0.39 is 11.9 Å². The van der Waals surface area contributed by atoms with Gasteiger partial charge < -0.3 is 11.1 Å². The molecule has 90 valence electrons. The number of carbonyl (C=O) groups excluding carboxylic acids is 2. The number of urea groups is 1. The first-order valence-corrected chi connectivity index (χ1v) is 5.03. The van der Waals surface area contributed by atoms with Gasteiger partial charge in [0.25, 0.3) is 5.91 Å².